The van der Waals surface area contributed by atoms with Gasteiger partial charge in [-0.3, -0.25) is 9.59 Å². The Balaban J connectivity index is 2.68. The minimum atomic E-state index is -1.11. The molecule has 98 valence electrons. The molecule has 0 bridgehead atoms. The molecule has 0 saturated carbocycles. The fraction of sp³-hybridized carbons (Fsp3) is 0.333. The SMILES string of the molecule is COC(=O)CCC(N)C(=O)c1ccc(F)c(F)c1. The molecular weight excluding hydrogens is 244 g/mol. The van der Waals surface area contributed by atoms with Gasteiger partial charge in [-0.15, -0.1) is 0 Å². The number of ether oxygens (including phenoxy) is 1. The van der Waals surface area contributed by atoms with E-state index in [9.17, 15) is 18.4 Å². The molecule has 0 amide bonds. The number of halogens is 2. The summed E-state index contributed by atoms with van der Waals surface area (Å²) in [6.07, 6.45) is 0.0809. The van der Waals surface area contributed by atoms with Crippen molar-refractivity contribution in [1.29, 1.82) is 0 Å². The smallest absolute Gasteiger partial charge is 0.305 e. The first kappa shape index (κ1) is 14.2. The molecule has 1 aromatic rings. The molecule has 18 heavy (non-hydrogen) atoms. The van der Waals surface area contributed by atoms with Gasteiger partial charge in [0.15, 0.2) is 17.4 Å². The van der Waals surface area contributed by atoms with Crippen LogP contribution in [0.5, 0.6) is 0 Å². The lowest BCUT2D eigenvalue weighted by Gasteiger charge is -2.09. The van der Waals surface area contributed by atoms with Crippen molar-refractivity contribution in [3.63, 3.8) is 0 Å². The van der Waals surface area contributed by atoms with Gasteiger partial charge in [-0.1, -0.05) is 0 Å². The molecule has 0 fully saturated rings. The van der Waals surface area contributed by atoms with Crippen LogP contribution in [-0.4, -0.2) is 24.9 Å². The maximum atomic E-state index is 12.9. The summed E-state index contributed by atoms with van der Waals surface area (Å²) in [5.74, 6) is -3.17. The zero-order valence-corrected chi connectivity index (χ0v) is 9.78. The topological polar surface area (TPSA) is 69.4 Å². The highest BCUT2D eigenvalue weighted by atomic mass is 19.2. The van der Waals surface area contributed by atoms with Gasteiger partial charge in [0.1, 0.15) is 0 Å². The molecule has 0 spiro atoms. The van der Waals surface area contributed by atoms with Gasteiger partial charge in [0, 0.05) is 12.0 Å². The van der Waals surface area contributed by atoms with Crippen LogP contribution < -0.4 is 5.73 Å². The van der Waals surface area contributed by atoms with E-state index in [1.165, 1.54) is 7.11 Å². The van der Waals surface area contributed by atoms with Crippen LogP contribution in [0.3, 0.4) is 0 Å². The predicted molar refractivity (Wildman–Crippen MR) is 59.9 cm³/mol. The standard InChI is InChI=1S/C12H13F2NO3/c1-18-11(16)5-4-10(15)12(17)7-2-3-8(13)9(14)6-7/h2-3,6,10H,4-5,15H2,1H3. The quantitative estimate of drug-likeness (QED) is 0.640. The van der Waals surface area contributed by atoms with E-state index in [0.717, 1.165) is 18.2 Å². The van der Waals surface area contributed by atoms with Crippen LogP contribution in [0.2, 0.25) is 0 Å². The number of esters is 1. The number of Topliss-reactive ketones (excluding diaryl/α,β-unsaturated/α-hetero) is 1. The number of ketones is 1. The van der Waals surface area contributed by atoms with E-state index in [4.69, 9.17) is 5.73 Å². The first-order valence-corrected chi connectivity index (χ1v) is 5.27. The van der Waals surface area contributed by atoms with Crippen molar-refractivity contribution in [1.82, 2.24) is 0 Å². The van der Waals surface area contributed by atoms with Gasteiger partial charge in [0.2, 0.25) is 0 Å². The van der Waals surface area contributed by atoms with Crippen molar-refractivity contribution in [2.45, 2.75) is 18.9 Å². The summed E-state index contributed by atoms with van der Waals surface area (Å²) in [5, 5.41) is 0. The van der Waals surface area contributed by atoms with Crippen molar-refractivity contribution in [3.05, 3.63) is 35.4 Å². The summed E-state index contributed by atoms with van der Waals surface area (Å²) >= 11 is 0. The molecule has 4 nitrogen and oxygen atoms in total. The minimum Gasteiger partial charge on any atom is -0.469 e. The molecular formula is C12H13F2NO3. The highest BCUT2D eigenvalue weighted by Crippen LogP contribution is 2.12. The van der Waals surface area contributed by atoms with Gasteiger partial charge >= 0.3 is 5.97 Å². The lowest BCUT2D eigenvalue weighted by atomic mass is 10.0. The van der Waals surface area contributed by atoms with E-state index in [-0.39, 0.29) is 18.4 Å². The van der Waals surface area contributed by atoms with Gasteiger partial charge < -0.3 is 10.5 Å². The Kier molecular flexibility index (Phi) is 4.91. The lowest BCUT2D eigenvalue weighted by Crippen LogP contribution is -2.31. The van der Waals surface area contributed by atoms with Crippen molar-refractivity contribution in [3.8, 4) is 0 Å². The lowest BCUT2D eigenvalue weighted by molar-refractivity contribution is -0.140. The van der Waals surface area contributed by atoms with E-state index in [1.54, 1.807) is 0 Å². The fourth-order valence-corrected chi connectivity index (χ4v) is 1.37. The highest BCUT2D eigenvalue weighted by molar-refractivity contribution is 6.00. The summed E-state index contributed by atoms with van der Waals surface area (Å²) in [7, 11) is 1.23. The molecule has 1 aromatic carbocycles. The zero-order chi connectivity index (χ0) is 13.7. The first-order chi connectivity index (χ1) is 8.45. The maximum absolute atomic E-state index is 12.9. The van der Waals surface area contributed by atoms with E-state index >= 15 is 0 Å². The molecule has 0 radical (unpaired) electrons. The van der Waals surface area contributed by atoms with Crippen molar-refractivity contribution in [2.75, 3.05) is 7.11 Å². The summed E-state index contributed by atoms with van der Waals surface area (Å²) in [6, 6.07) is 1.85. The van der Waals surface area contributed by atoms with Crippen molar-refractivity contribution >= 4 is 11.8 Å². The summed E-state index contributed by atoms with van der Waals surface area (Å²) in [6.45, 7) is 0. The Labute approximate surface area is 103 Å². The molecule has 0 aliphatic heterocycles. The van der Waals surface area contributed by atoms with Crippen LogP contribution in [0.15, 0.2) is 18.2 Å². The number of hydrogen-bond acceptors (Lipinski definition) is 4. The Morgan fingerprint density at radius 3 is 2.56 bits per heavy atom. The molecule has 1 atom stereocenters. The molecule has 0 saturated heterocycles. The molecule has 6 heteroatoms. The molecule has 0 heterocycles. The monoisotopic (exact) mass is 257 g/mol. The normalized spacial score (nSPS) is 12.0. The first-order valence-electron chi connectivity index (χ1n) is 5.27. The number of carbonyl (C=O) groups excluding carboxylic acids is 2. The summed E-state index contributed by atoms with van der Waals surface area (Å²) in [4.78, 5) is 22.6. The second-order valence-electron chi connectivity index (χ2n) is 3.71. The van der Waals surface area contributed by atoms with E-state index in [2.05, 4.69) is 4.74 Å². The molecule has 1 rings (SSSR count). The molecule has 0 aliphatic carbocycles. The third-order valence-electron chi connectivity index (χ3n) is 2.43. The zero-order valence-electron chi connectivity index (χ0n) is 9.78. The second-order valence-corrected chi connectivity index (χ2v) is 3.71. The van der Waals surface area contributed by atoms with Crippen LogP contribution in [0.25, 0.3) is 0 Å². The number of benzene rings is 1. The average molecular weight is 257 g/mol. The van der Waals surface area contributed by atoms with Crippen LogP contribution >= 0.6 is 0 Å². The largest absolute Gasteiger partial charge is 0.469 e. The van der Waals surface area contributed by atoms with Crippen LogP contribution in [0, 0.1) is 11.6 Å². The fourth-order valence-electron chi connectivity index (χ4n) is 1.37. The number of carbonyl (C=O) groups is 2. The molecule has 1 unspecified atom stereocenters. The van der Waals surface area contributed by atoms with Gasteiger partial charge in [-0.05, 0) is 24.6 Å². The molecule has 2 N–H and O–H groups in total. The van der Waals surface area contributed by atoms with Gasteiger partial charge in [-0.2, -0.15) is 0 Å². The van der Waals surface area contributed by atoms with E-state index in [1.807, 2.05) is 0 Å². The van der Waals surface area contributed by atoms with Gasteiger partial charge in [-0.25, -0.2) is 8.78 Å². The number of rotatable bonds is 5. The minimum absolute atomic E-state index is 0.00686. The number of hydrogen-bond donors (Lipinski definition) is 1. The summed E-state index contributed by atoms with van der Waals surface area (Å²) in [5.41, 5.74) is 5.54. The number of methoxy groups -OCH3 is 1. The van der Waals surface area contributed by atoms with Crippen LogP contribution in [-0.2, 0) is 9.53 Å². The third kappa shape index (κ3) is 3.59. The van der Waals surface area contributed by atoms with Crippen molar-refractivity contribution in [2.24, 2.45) is 5.73 Å². The molecule has 0 aliphatic rings. The Hall–Kier alpha value is -1.82. The van der Waals surface area contributed by atoms with E-state index in [0.29, 0.717) is 0 Å². The van der Waals surface area contributed by atoms with Crippen molar-refractivity contribution < 1.29 is 23.1 Å². The Morgan fingerprint density at radius 1 is 1.33 bits per heavy atom. The third-order valence-corrected chi connectivity index (χ3v) is 2.43. The van der Waals surface area contributed by atoms with E-state index < -0.39 is 29.4 Å². The van der Waals surface area contributed by atoms with Crippen LogP contribution in [0.1, 0.15) is 23.2 Å². The number of nitrogens with two attached hydrogens (primary N) is 1. The average Bonchev–Trinajstić information content (AvgIpc) is 2.37. The Bertz CT molecular complexity index is 463. The maximum Gasteiger partial charge on any atom is 0.305 e. The highest BCUT2D eigenvalue weighted by Gasteiger charge is 2.18. The molecule has 0 aromatic heterocycles. The van der Waals surface area contributed by atoms with Gasteiger partial charge in [0.25, 0.3) is 0 Å². The predicted octanol–water partition coefficient (Wildman–Crippen LogP) is 1.43. The summed E-state index contributed by atoms with van der Waals surface area (Å²) < 4.78 is 30.0. The Morgan fingerprint density at radius 2 is 2.00 bits per heavy atom. The van der Waals surface area contributed by atoms with Gasteiger partial charge in [0.05, 0.1) is 13.2 Å². The van der Waals surface area contributed by atoms with Crippen LogP contribution in [0.4, 0.5) is 8.78 Å². The second kappa shape index (κ2) is 6.20.